The summed E-state index contributed by atoms with van der Waals surface area (Å²) in [6.07, 6.45) is 2.15. The molecule has 0 atom stereocenters. The average molecular weight is 300 g/mol. The third-order valence-corrected chi connectivity index (χ3v) is 3.89. The fraction of sp³-hybridized carbons (Fsp3) is 0.353. The van der Waals surface area contributed by atoms with Crippen LogP contribution in [0.3, 0.4) is 0 Å². The molecule has 0 bridgehead atoms. The predicted octanol–water partition coefficient (Wildman–Crippen LogP) is 2.07. The standard InChI is InChI=1S/C17H20N2O3/c20-9-11-22-10-8-18-17(21)19-15-7-6-13-5-4-12-2-1-3-14(15)16(12)13/h1-3,6-7,20H,4-5,8-11H2,(H2,18,19,21). The summed E-state index contributed by atoms with van der Waals surface area (Å²) in [7, 11) is 0. The van der Waals surface area contributed by atoms with Crippen molar-refractivity contribution in [3.8, 4) is 0 Å². The number of carbonyl (C=O) groups excluding carboxylic acids is 1. The molecular formula is C17H20N2O3. The molecule has 0 aliphatic heterocycles. The normalized spacial score (nSPS) is 12.6. The van der Waals surface area contributed by atoms with Gasteiger partial charge in [-0.2, -0.15) is 0 Å². The lowest BCUT2D eigenvalue weighted by atomic mass is 10.0. The molecule has 0 aromatic heterocycles. The number of amides is 2. The van der Waals surface area contributed by atoms with Crippen LogP contribution in [0.2, 0.25) is 0 Å². The molecule has 22 heavy (non-hydrogen) atoms. The monoisotopic (exact) mass is 300 g/mol. The third kappa shape index (κ3) is 3.05. The average Bonchev–Trinajstić information content (AvgIpc) is 2.95. The van der Waals surface area contributed by atoms with Crippen molar-refractivity contribution >= 4 is 22.5 Å². The molecule has 0 heterocycles. The van der Waals surface area contributed by atoms with Crippen LogP contribution in [0.4, 0.5) is 10.5 Å². The van der Waals surface area contributed by atoms with Crippen LogP contribution in [0.15, 0.2) is 30.3 Å². The van der Waals surface area contributed by atoms with Gasteiger partial charge in [0.25, 0.3) is 0 Å². The molecular weight excluding hydrogens is 280 g/mol. The maximum Gasteiger partial charge on any atom is 0.319 e. The molecule has 0 radical (unpaired) electrons. The summed E-state index contributed by atoms with van der Waals surface area (Å²) in [6.45, 7) is 1.08. The highest BCUT2D eigenvalue weighted by Crippen LogP contribution is 2.34. The van der Waals surface area contributed by atoms with Gasteiger partial charge in [0.05, 0.1) is 25.5 Å². The summed E-state index contributed by atoms with van der Waals surface area (Å²) < 4.78 is 5.10. The number of carbonyl (C=O) groups is 1. The van der Waals surface area contributed by atoms with Gasteiger partial charge in [0, 0.05) is 11.9 Å². The Morgan fingerprint density at radius 1 is 1.14 bits per heavy atom. The Morgan fingerprint density at radius 3 is 2.77 bits per heavy atom. The Kier molecular flexibility index (Phi) is 4.56. The Bertz CT molecular complexity index is 675. The summed E-state index contributed by atoms with van der Waals surface area (Å²) >= 11 is 0. The highest BCUT2D eigenvalue weighted by Gasteiger charge is 2.16. The molecule has 0 fully saturated rings. The van der Waals surface area contributed by atoms with Crippen molar-refractivity contribution in [1.29, 1.82) is 0 Å². The summed E-state index contributed by atoms with van der Waals surface area (Å²) in [4.78, 5) is 11.9. The number of aliphatic hydroxyl groups is 1. The minimum Gasteiger partial charge on any atom is -0.394 e. The van der Waals surface area contributed by atoms with E-state index < -0.39 is 0 Å². The Morgan fingerprint density at radius 2 is 1.95 bits per heavy atom. The van der Waals surface area contributed by atoms with Gasteiger partial charge in [-0.1, -0.05) is 24.3 Å². The first-order valence-corrected chi connectivity index (χ1v) is 7.56. The maximum atomic E-state index is 11.9. The van der Waals surface area contributed by atoms with E-state index in [1.807, 2.05) is 18.2 Å². The largest absolute Gasteiger partial charge is 0.394 e. The molecule has 0 saturated heterocycles. The van der Waals surface area contributed by atoms with Gasteiger partial charge in [0.1, 0.15) is 0 Å². The quantitative estimate of drug-likeness (QED) is 0.715. The van der Waals surface area contributed by atoms with Crippen LogP contribution in [-0.4, -0.2) is 37.5 Å². The second-order valence-corrected chi connectivity index (χ2v) is 5.33. The number of benzene rings is 2. The smallest absolute Gasteiger partial charge is 0.319 e. The van der Waals surface area contributed by atoms with E-state index in [1.165, 1.54) is 16.5 Å². The maximum absolute atomic E-state index is 11.9. The number of hydrogen-bond acceptors (Lipinski definition) is 3. The van der Waals surface area contributed by atoms with Crippen molar-refractivity contribution in [2.75, 3.05) is 31.7 Å². The molecule has 1 aliphatic rings. The van der Waals surface area contributed by atoms with E-state index >= 15 is 0 Å². The van der Waals surface area contributed by atoms with Crippen molar-refractivity contribution < 1.29 is 14.6 Å². The fourth-order valence-corrected chi connectivity index (χ4v) is 2.93. The topological polar surface area (TPSA) is 70.6 Å². The molecule has 2 aromatic carbocycles. The van der Waals surface area contributed by atoms with E-state index in [-0.39, 0.29) is 19.2 Å². The molecule has 2 amide bonds. The van der Waals surface area contributed by atoms with E-state index in [2.05, 4.69) is 22.8 Å². The van der Waals surface area contributed by atoms with Crippen molar-refractivity contribution in [1.82, 2.24) is 5.32 Å². The highest BCUT2D eigenvalue weighted by atomic mass is 16.5. The van der Waals surface area contributed by atoms with Gasteiger partial charge < -0.3 is 20.5 Å². The first-order valence-electron chi connectivity index (χ1n) is 7.56. The molecule has 3 N–H and O–H groups in total. The summed E-state index contributed by atoms with van der Waals surface area (Å²) in [5.74, 6) is 0. The number of nitrogens with one attached hydrogen (secondary N) is 2. The van der Waals surface area contributed by atoms with Gasteiger partial charge in [-0.15, -0.1) is 0 Å². The molecule has 116 valence electrons. The van der Waals surface area contributed by atoms with Crippen LogP contribution in [-0.2, 0) is 17.6 Å². The van der Waals surface area contributed by atoms with Gasteiger partial charge >= 0.3 is 6.03 Å². The molecule has 0 spiro atoms. The van der Waals surface area contributed by atoms with Crippen LogP contribution >= 0.6 is 0 Å². The van der Waals surface area contributed by atoms with E-state index in [9.17, 15) is 4.79 Å². The number of aliphatic hydroxyl groups excluding tert-OH is 1. The zero-order chi connectivity index (χ0) is 15.4. The summed E-state index contributed by atoms with van der Waals surface area (Å²) in [5, 5.41) is 16.6. The van der Waals surface area contributed by atoms with Crippen LogP contribution in [0.25, 0.3) is 10.8 Å². The Labute approximate surface area is 129 Å². The minimum atomic E-state index is -0.244. The van der Waals surface area contributed by atoms with E-state index in [4.69, 9.17) is 9.84 Å². The number of hydrogen-bond donors (Lipinski definition) is 3. The molecule has 2 aromatic rings. The second kappa shape index (κ2) is 6.77. The van der Waals surface area contributed by atoms with E-state index in [1.54, 1.807) is 0 Å². The SMILES string of the molecule is O=C(NCCOCCO)Nc1ccc2c3c(cccc13)CC2. The van der Waals surface area contributed by atoms with Gasteiger partial charge in [-0.25, -0.2) is 4.79 Å². The third-order valence-electron chi connectivity index (χ3n) is 3.89. The van der Waals surface area contributed by atoms with Crippen LogP contribution < -0.4 is 10.6 Å². The first kappa shape index (κ1) is 14.8. The number of anilines is 1. The summed E-state index contributed by atoms with van der Waals surface area (Å²) in [5.41, 5.74) is 3.54. The molecule has 1 aliphatic carbocycles. The lowest BCUT2D eigenvalue weighted by Gasteiger charge is -2.11. The Hall–Kier alpha value is -2.11. The fourth-order valence-electron chi connectivity index (χ4n) is 2.93. The van der Waals surface area contributed by atoms with Crippen LogP contribution in [0.5, 0.6) is 0 Å². The number of urea groups is 1. The van der Waals surface area contributed by atoms with Crippen molar-refractivity contribution in [2.45, 2.75) is 12.8 Å². The van der Waals surface area contributed by atoms with Crippen molar-refractivity contribution in [3.05, 3.63) is 41.5 Å². The number of ether oxygens (including phenoxy) is 1. The van der Waals surface area contributed by atoms with Gasteiger partial charge in [-0.05, 0) is 35.4 Å². The minimum absolute atomic E-state index is 0.00708. The van der Waals surface area contributed by atoms with Crippen molar-refractivity contribution in [2.24, 2.45) is 0 Å². The van der Waals surface area contributed by atoms with Gasteiger partial charge in [0.2, 0.25) is 0 Å². The molecule has 5 heteroatoms. The van der Waals surface area contributed by atoms with Gasteiger partial charge in [0.15, 0.2) is 0 Å². The molecule has 3 rings (SSSR count). The number of aryl methyl sites for hydroxylation is 2. The molecule has 0 saturated carbocycles. The Balaban J connectivity index is 1.66. The van der Waals surface area contributed by atoms with Crippen LogP contribution in [0, 0.1) is 0 Å². The van der Waals surface area contributed by atoms with Gasteiger partial charge in [-0.3, -0.25) is 0 Å². The lowest BCUT2D eigenvalue weighted by Crippen LogP contribution is -2.31. The highest BCUT2D eigenvalue weighted by molar-refractivity contribution is 6.04. The zero-order valence-electron chi connectivity index (χ0n) is 12.4. The van der Waals surface area contributed by atoms with E-state index in [0.717, 1.165) is 23.9 Å². The summed E-state index contributed by atoms with van der Waals surface area (Å²) in [6, 6.07) is 10.1. The lowest BCUT2D eigenvalue weighted by molar-refractivity contribution is 0.0950. The van der Waals surface area contributed by atoms with Crippen LogP contribution in [0.1, 0.15) is 11.1 Å². The first-order chi connectivity index (χ1) is 10.8. The molecule has 5 nitrogen and oxygen atoms in total. The zero-order valence-corrected chi connectivity index (χ0v) is 12.4. The molecule has 0 unspecified atom stereocenters. The number of rotatable bonds is 6. The van der Waals surface area contributed by atoms with E-state index in [0.29, 0.717) is 13.2 Å². The predicted molar refractivity (Wildman–Crippen MR) is 86.3 cm³/mol. The second-order valence-electron chi connectivity index (χ2n) is 5.33. The van der Waals surface area contributed by atoms with Crippen molar-refractivity contribution in [3.63, 3.8) is 0 Å².